The quantitative estimate of drug-likeness (QED) is 0.0281. The van der Waals surface area contributed by atoms with Crippen LogP contribution in [0.5, 0.6) is 0 Å². The normalized spacial score (nSPS) is 13.1. The van der Waals surface area contributed by atoms with Crippen molar-refractivity contribution >= 4 is 17.9 Å². The summed E-state index contributed by atoms with van der Waals surface area (Å²) in [4.78, 5) is 37.2. The molecule has 0 saturated carbocycles. The Balaban J connectivity index is 4.20. The predicted molar refractivity (Wildman–Crippen MR) is 266 cm³/mol. The lowest BCUT2D eigenvalue weighted by Gasteiger charge is -2.31. The predicted octanol–water partition coefficient (Wildman–Crippen LogP) is 15.4. The SMILES string of the molecule is CC/C=C/C/C=C/C/C=C/CCCCCCCCCCCCC(=O)OC(COCCC(C(=O)O)[N+](C)(C)C)COC(=O)CCCCCCCCCCCCCCCCCCCCC. The highest BCUT2D eigenvalue weighted by Gasteiger charge is 2.31. The largest absolute Gasteiger partial charge is 0.477 e. The Kier molecular flexibility index (Phi) is 44.3. The topological polar surface area (TPSA) is 99.1 Å². The van der Waals surface area contributed by atoms with Crippen LogP contribution in [0, 0.1) is 0 Å². The van der Waals surface area contributed by atoms with E-state index in [9.17, 15) is 19.5 Å². The number of carbonyl (C=O) groups excluding carboxylic acids is 2. The van der Waals surface area contributed by atoms with Crippen molar-refractivity contribution in [1.82, 2.24) is 0 Å². The van der Waals surface area contributed by atoms with E-state index >= 15 is 0 Å². The summed E-state index contributed by atoms with van der Waals surface area (Å²) >= 11 is 0. The van der Waals surface area contributed by atoms with E-state index < -0.39 is 18.1 Å². The lowest BCUT2D eigenvalue weighted by molar-refractivity contribution is -0.887. The summed E-state index contributed by atoms with van der Waals surface area (Å²) in [5, 5.41) is 9.66. The molecule has 0 spiro atoms. The number of ether oxygens (including phenoxy) is 3. The number of allylic oxidation sites excluding steroid dienone is 6. The summed E-state index contributed by atoms with van der Waals surface area (Å²) in [7, 11) is 5.54. The summed E-state index contributed by atoms with van der Waals surface area (Å²) < 4.78 is 17.4. The molecule has 0 heterocycles. The number of hydrogen-bond acceptors (Lipinski definition) is 6. The number of carboxylic acid groups (broad SMARTS) is 1. The molecule has 0 aromatic heterocycles. The third kappa shape index (κ3) is 44.5. The summed E-state index contributed by atoms with van der Waals surface area (Å²) in [6.45, 7) is 4.67. The maximum absolute atomic E-state index is 12.8. The van der Waals surface area contributed by atoms with Gasteiger partial charge in [-0.1, -0.05) is 217 Å². The molecule has 368 valence electrons. The van der Waals surface area contributed by atoms with E-state index in [2.05, 4.69) is 50.3 Å². The van der Waals surface area contributed by atoms with Crippen molar-refractivity contribution < 1.29 is 38.2 Å². The highest BCUT2D eigenvalue weighted by Crippen LogP contribution is 2.17. The van der Waals surface area contributed by atoms with Gasteiger partial charge in [0.1, 0.15) is 6.61 Å². The van der Waals surface area contributed by atoms with E-state index in [1.807, 2.05) is 21.1 Å². The summed E-state index contributed by atoms with van der Waals surface area (Å²) in [6.07, 6.45) is 54.8. The van der Waals surface area contributed by atoms with Crippen LogP contribution >= 0.6 is 0 Å². The van der Waals surface area contributed by atoms with Crippen LogP contribution in [0.3, 0.4) is 0 Å². The van der Waals surface area contributed by atoms with Crippen LogP contribution in [0.4, 0.5) is 0 Å². The van der Waals surface area contributed by atoms with Crippen molar-refractivity contribution in [3.05, 3.63) is 36.5 Å². The van der Waals surface area contributed by atoms with Crippen LogP contribution < -0.4 is 0 Å². The molecule has 0 aromatic rings. The van der Waals surface area contributed by atoms with E-state index in [1.54, 1.807) is 0 Å². The van der Waals surface area contributed by atoms with Crippen LogP contribution in [0.25, 0.3) is 0 Å². The van der Waals surface area contributed by atoms with Crippen LogP contribution in [0.15, 0.2) is 36.5 Å². The number of carbonyl (C=O) groups is 3. The maximum atomic E-state index is 12.8. The molecule has 0 rings (SSSR count). The number of unbranched alkanes of at least 4 members (excludes halogenated alkanes) is 28. The van der Waals surface area contributed by atoms with Gasteiger partial charge < -0.3 is 23.8 Å². The minimum Gasteiger partial charge on any atom is -0.477 e. The van der Waals surface area contributed by atoms with Gasteiger partial charge in [-0.2, -0.15) is 0 Å². The van der Waals surface area contributed by atoms with Crippen LogP contribution in [0.2, 0.25) is 0 Å². The number of likely N-dealkylation sites (N-methyl/N-ethyl adjacent to an activating group) is 1. The monoisotopic (exact) mass is 889 g/mol. The van der Waals surface area contributed by atoms with Crippen molar-refractivity contribution in [1.29, 1.82) is 0 Å². The van der Waals surface area contributed by atoms with E-state index in [1.165, 1.54) is 154 Å². The lowest BCUT2D eigenvalue weighted by Crippen LogP contribution is -2.50. The van der Waals surface area contributed by atoms with Crippen molar-refractivity contribution in [2.75, 3.05) is 41.0 Å². The Morgan fingerprint density at radius 3 is 1.32 bits per heavy atom. The molecular formula is C55H102NO7+. The molecule has 0 aliphatic carbocycles. The zero-order valence-corrected chi connectivity index (χ0v) is 42.0. The van der Waals surface area contributed by atoms with Crippen molar-refractivity contribution in [2.24, 2.45) is 0 Å². The zero-order chi connectivity index (χ0) is 46.3. The molecule has 0 aliphatic heterocycles. The lowest BCUT2D eigenvalue weighted by atomic mass is 10.0. The maximum Gasteiger partial charge on any atom is 0.362 e. The second-order valence-electron chi connectivity index (χ2n) is 19.1. The Labute approximate surface area is 389 Å². The molecule has 0 bridgehead atoms. The van der Waals surface area contributed by atoms with E-state index in [4.69, 9.17) is 14.2 Å². The number of hydrogen-bond donors (Lipinski definition) is 1. The van der Waals surface area contributed by atoms with Crippen LogP contribution in [-0.2, 0) is 28.6 Å². The fourth-order valence-electron chi connectivity index (χ4n) is 7.99. The first-order chi connectivity index (χ1) is 30.6. The molecular weight excluding hydrogens is 787 g/mol. The van der Waals surface area contributed by atoms with Gasteiger partial charge in [0.25, 0.3) is 0 Å². The van der Waals surface area contributed by atoms with Gasteiger partial charge in [0, 0.05) is 19.3 Å². The van der Waals surface area contributed by atoms with Crippen molar-refractivity contribution in [3.8, 4) is 0 Å². The first kappa shape index (κ1) is 60.5. The second-order valence-corrected chi connectivity index (χ2v) is 19.1. The molecule has 8 heteroatoms. The Hall–Kier alpha value is -2.45. The molecule has 2 unspecified atom stereocenters. The Bertz CT molecular complexity index is 1130. The molecule has 2 atom stereocenters. The minimum absolute atomic E-state index is 0.0485. The van der Waals surface area contributed by atoms with Gasteiger partial charge in [-0.15, -0.1) is 0 Å². The fraction of sp³-hybridized carbons (Fsp3) is 0.836. The average molecular weight is 889 g/mol. The molecule has 0 amide bonds. The second kappa shape index (κ2) is 46.1. The Morgan fingerprint density at radius 2 is 0.889 bits per heavy atom. The van der Waals surface area contributed by atoms with Gasteiger partial charge in [-0.05, 0) is 44.9 Å². The molecule has 8 nitrogen and oxygen atoms in total. The number of quaternary nitrogens is 1. The number of carboxylic acids is 1. The molecule has 63 heavy (non-hydrogen) atoms. The van der Waals surface area contributed by atoms with E-state index in [0.717, 1.165) is 57.8 Å². The minimum atomic E-state index is -0.873. The molecule has 0 aliphatic rings. The smallest absolute Gasteiger partial charge is 0.362 e. The first-order valence-corrected chi connectivity index (χ1v) is 26.5. The third-order valence-electron chi connectivity index (χ3n) is 12.1. The van der Waals surface area contributed by atoms with Gasteiger partial charge in [0.15, 0.2) is 12.1 Å². The highest BCUT2D eigenvalue weighted by molar-refractivity contribution is 5.72. The van der Waals surface area contributed by atoms with Gasteiger partial charge in [0.05, 0.1) is 34.4 Å². The molecule has 1 N–H and O–H groups in total. The van der Waals surface area contributed by atoms with Gasteiger partial charge in [-0.3, -0.25) is 9.59 Å². The van der Waals surface area contributed by atoms with Crippen molar-refractivity contribution in [3.63, 3.8) is 0 Å². The molecule has 0 radical (unpaired) electrons. The molecule has 0 fully saturated rings. The number of esters is 2. The van der Waals surface area contributed by atoms with Crippen molar-refractivity contribution in [2.45, 2.75) is 257 Å². The summed E-state index contributed by atoms with van der Waals surface area (Å²) in [5.41, 5.74) is 0. The van der Waals surface area contributed by atoms with E-state index in [-0.39, 0.29) is 36.2 Å². The average Bonchev–Trinajstić information content (AvgIpc) is 3.24. The summed E-state index contributed by atoms with van der Waals surface area (Å²) in [5.74, 6) is -1.46. The summed E-state index contributed by atoms with van der Waals surface area (Å²) in [6, 6.07) is -0.614. The third-order valence-corrected chi connectivity index (χ3v) is 12.1. The Morgan fingerprint density at radius 1 is 0.492 bits per heavy atom. The van der Waals surface area contributed by atoms with Crippen LogP contribution in [-0.4, -0.2) is 80.6 Å². The van der Waals surface area contributed by atoms with E-state index in [0.29, 0.717) is 19.3 Å². The number of aliphatic carboxylic acids is 1. The van der Waals surface area contributed by atoms with Crippen LogP contribution in [0.1, 0.15) is 245 Å². The molecule has 0 aromatic carbocycles. The fourth-order valence-corrected chi connectivity index (χ4v) is 7.99. The first-order valence-electron chi connectivity index (χ1n) is 26.5. The zero-order valence-electron chi connectivity index (χ0n) is 42.0. The van der Waals surface area contributed by atoms with Gasteiger partial charge in [0.2, 0.25) is 0 Å². The molecule has 0 saturated heterocycles. The highest BCUT2D eigenvalue weighted by atomic mass is 16.6. The number of rotatable bonds is 48. The van der Waals surface area contributed by atoms with Gasteiger partial charge in [-0.25, -0.2) is 4.79 Å². The number of nitrogens with zero attached hydrogens (tertiary/aromatic N) is 1. The standard InChI is InChI=1S/C55H101NO7/c1-6-8-10-12-14-16-18-20-22-24-26-28-30-32-34-36-38-40-42-44-46-54(58)63-51(49-61-48-47-52(55(59)60)56(3,4)5)50-62-53(57)45-43-41-39-37-35-33-31-29-27-25-23-21-19-17-15-13-11-9-7-2/h8,10,14,16,20,22,51-52H,6-7,9,11-13,15,17-19,21,23-50H2,1-5H3/p+1/b10-8+,16-14+,22-20+. The van der Waals surface area contributed by atoms with Gasteiger partial charge >= 0.3 is 17.9 Å².